The van der Waals surface area contributed by atoms with Crippen molar-refractivity contribution in [3.8, 4) is 0 Å². The summed E-state index contributed by atoms with van der Waals surface area (Å²) in [6.07, 6.45) is 7.14. The maximum Gasteiger partial charge on any atom is 0.238 e. The number of anilines is 1. The molecule has 1 fully saturated rings. The first-order valence-corrected chi connectivity index (χ1v) is 9.57. The second-order valence-corrected chi connectivity index (χ2v) is 7.38. The summed E-state index contributed by atoms with van der Waals surface area (Å²) in [6.45, 7) is 7.40. The van der Waals surface area contributed by atoms with Crippen molar-refractivity contribution >= 4 is 17.5 Å². The van der Waals surface area contributed by atoms with E-state index in [1.54, 1.807) is 0 Å². The Bertz CT molecular complexity index is 690. The number of aryl methyl sites for hydroxylation is 1. The lowest BCUT2D eigenvalue weighted by molar-refractivity contribution is -0.137. The van der Waals surface area contributed by atoms with Gasteiger partial charge in [0.05, 0.1) is 6.54 Å². The monoisotopic (exact) mass is 355 g/mol. The molecular weight excluding hydrogens is 326 g/mol. The fraction of sp³-hybridized carbons (Fsp3) is 0.524. The van der Waals surface area contributed by atoms with E-state index >= 15 is 0 Å². The van der Waals surface area contributed by atoms with Gasteiger partial charge in [0.1, 0.15) is 0 Å². The fourth-order valence-corrected chi connectivity index (χ4v) is 3.68. The Labute approximate surface area is 156 Å². The predicted octanol–water partition coefficient (Wildman–Crippen LogP) is 2.74. The van der Waals surface area contributed by atoms with Crippen LogP contribution in [0, 0.1) is 19.8 Å². The lowest BCUT2D eigenvalue weighted by Crippen LogP contribution is -2.51. The van der Waals surface area contributed by atoms with Crippen molar-refractivity contribution in [3.63, 3.8) is 0 Å². The van der Waals surface area contributed by atoms with Crippen LogP contribution in [0.3, 0.4) is 0 Å². The summed E-state index contributed by atoms with van der Waals surface area (Å²) in [5, 5.41) is 3.02. The zero-order chi connectivity index (χ0) is 18.5. The van der Waals surface area contributed by atoms with Crippen LogP contribution in [0.15, 0.2) is 30.4 Å². The van der Waals surface area contributed by atoms with E-state index in [0.29, 0.717) is 6.54 Å². The van der Waals surface area contributed by atoms with Crippen molar-refractivity contribution in [3.05, 3.63) is 41.5 Å². The highest BCUT2D eigenvalue weighted by Gasteiger charge is 2.27. The first-order chi connectivity index (χ1) is 12.5. The van der Waals surface area contributed by atoms with E-state index in [1.165, 1.54) is 5.56 Å². The van der Waals surface area contributed by atoms with Crippen LogP contribution >= 0.6 is 0 Å². The van der Waals surface area contributed by atoms with Crippen LogP contribution in [0.25, 0.3) is 0 Å². The molecule has 1 unspecified atom stereocenters. The van der Waals surface area contributed by atoms with Crippen molar-refractivity contribution in [1.82, 2.24) is 9.80 Å². The molecule has 2 amide bonds. The van der Waals surface area contributed by atoms with Crippen LogP contribution in [0.5, 0.6) is 0 Å². The van der Waals surface area contributed by atoms with E-state index in [4.69, 9.17) is 0 Å². The van der Waals surface area contributed by atoms with Crippen molar-refractivity contribution in [2.24, 2.45) is 5.92 Å². The topological polar surface area (TPSA) is 52.7 Å². The van der Waals surface area contributed by atoms with Crippen LogP contribution in [0.1, 0.15) is 30.4 Å². The maximum atomic E-state index is 12.6. The molecule has 1 N–H and O–H groups in total. The van der Waals surface area contributed by atoms with Gasteiger partial charge in [-0.2, -0.15) is 0 Å². The predicted molar refractivity (Wildman–Crippen MR) is 104 cm³/mol. The lowest BCUT2D eigenvalue weighted by atomic mass is 9.93. The summed E-state index contributed by atoms with van der Waals surface area (Å²) < 4.78 is 0. The van der Waals surface area contributed by atoms with Gasteiger partial charge in [-0.25, -0.2) is 0 Å². The Morgan fingerprint density at radius 1 is 1.12 bits per heavy atom. The Morgan fingerprint density at radius 2 is 1.88 bits per heavy atom. The fourth-order valence-electron chi connectivity index (χ4n) is 3.68. The SMILES string of the molecule is Cc1cccc(NC(=O)CN2CCN(C(=O)C3CC=CCC3)CC2)c1C. The maximum absolute atomic E-state index is 12.6. The minimum atomic E-state index is 0.0101. The molecule has 1 atom stereocenters. The summed E-state index contributed by atoms with van der Waals surface area (Å²) in [6, 6.07) is 5.95. The third-order valence-corrected chi connectivity index (χ3v) is 5.55. The number of benzene rings is 1. The van der Waals surface area contributed by atoms with Gasteiger partial charge in [0.2, 0.25) is 11.8 Å². The van der Waals surface area contributed by atoms with E-state index in [-0.39, 0.29) is 17.7 Å². The van der Waals surface area contributed by atoms with Crippen LogP contribution in [0.4, 0.5) is 5.69 Å². The summed E-state index contributed by atoms with van der Waals surface area (Å²) in [4.78, 5) is 29.1. The van der Waals surface area contributed by atoms with E-state index in [1.807, 2.05) is 36.9 Å². The third-order valence-electron chi connectivity index (χ3n) is 5.55. The normalized spacial score (nSPS) is 20.8. The molecule has 0 spiro atoms. The number of carbonyl (C=O) groups excluding carboxylic acids is 2. The molecule has 1 aromatic carbocycles. The van der Waals surface area contributed by atoms with E-state index in [2.05, 4.69) is 22.4 Å². The average Bonchev–Trinajstić information content (AvgIpc) is 2.66. The first-order valence-electron chi connectivity index (χ1n) is 9.57. The number of nitrogens with zero attached hydrogens (tertiary/aromatic N) is 2. The zero-order valence-electron chi connectivity index (χ0n) is 15.8. The number of carbonyl (C=O) groups is 2. The molecule has 1 aromatic rings. The number of nitrogens with one attached hydrogen (secondary N) is 1. The second kappa shape index (κ2) is 8.49. The Hall–Kier alpha value is -2.14. The molecule has 1 aliphatic heterocycles. The molecule has 1 saturated heterocycles. The Kier molecular flexibility index (Phi) is 6.09. The summed E-state index contributed by atoms with van der Waals surface area (Å²) in [5.74, 6) is 0.448. The van der Waals surface area contributed by atoms with Gasteiger partial charge in [0, 0.05) is 37.8 Å². The smallest absolute Gasteiger partial charge is 0.238 e. The Morgan fingerprint density at radius 3 is 2.58 bits per heavy atom. The number of hydrogen-bond donors (Lipinski definition) is 1. The quantitative estimate of drug-likeness (QED) is 0.845. The van der Waals surface area contributed by atoms with Crippen molar-refractivity contribution < 1.29 is 9.59 Å². The standard InChI is InChI=1S/C21H29N3O2/c1-16-7-6-10-19(17(16)2)22-20(25)15-23-11-13-24(14-12-23)21(26)18-8-4-3-5-9-18/h3-4,6-7,10,18H,5,8-9,11-15H2,1-2H3,(H,22,25). The molecule has 0 saturated carbocycles. The van der Waals surface area contributed by atoms with E-state index < -0.39 is 0 Å². The van der Waals surface area contributed by atoms with E-state index in [9.17, 15) is 9.59 Å². The van der Waals surface area contributed by atoms with Crippen LogP contribution in [0.2, 0.25) is 0 Å². The first kappa shape index (κ1) is 18.6. The molecule has 3 rings (SSSR count). The van der Waals surface area contributed by atoms with Crippen LogP contribution in [-0.2, 0) is 9.59 Å². The van der Waals surface area contributed by atoms with E-state index in [0.717, 1.165) is 56.7 Å². The molecular formula is C21H29N3O2. The number of amides is 2. The number of allylic oxidation sites excluding steroid dienone is 2. The molecule has 5 heteroatoms. The van der Waals surface area contributed by atoms with Gasteiger partial charge in [0.25, 0.3) is 0 Å². The molecule has 26 heavy (non-hydrogen) atoms. The van der Waals surface area contributed by atoms with Gasteiger partial charge in [-0.3, -0.25) is 14.5 Å². The van der Waals surface area contributed by atoms with Gasteiger partial charge in [-0.1, -0.05) is 24.3 Å². The van der Waals surface area contributed by atoms with Gasteiger partial charge in [0.15, 0.2) is 0 Å². The van der Waals surface area contributed by atoms with Gasteiger partial charge >= 0.3 is 0 Å². The molecule has 1 aliphatic carbocycles. The molecule has 140 valence electrons. The number of piperazine rings is 1. The van der Waals surface area contributed by atoms with Gasteiger partial charge < -0.3 is 10.2 Å². The minimum absolute atomic E-state index is 0.0101. The number of hydrogen-bond acceptors (Lipinski definition) is 3. The molecule has 0 aromatic heterocycles. The second-order valence-electron chi connectivity index (χ2n) is 7.38. The summed E-state index contributed by atoms with van der Waals surface area (Å²) in [5.41, 5.74) is 3.17. The van der Waals surface area contributed by atoms with Crippen molar-refractivity contribution in [1.29, 1.82) is 0 Å². The molecule has 1 heterocycles. The third kappa shape index (κ3) is 4.52. The summed E-state index contributed by atoms with van der Waals surface area (Å²) in [7, 11) is 0. The van der Waals surface area contributed by atoms with Gasteiger partial charge in [-0.15, -0.1) is 0 Å². The van der Waals surface area contributed by atoms with Crippen LogP contribution in [-0.4, -0.2) is 54.3 Å². The lowest BCUT2D eigenvalue weighted by Gasteiger charge is -2.36. The molecule has 0 bridgehead atoms. The number of rotatable bonds is 4. The summed E-state index contributed by atoms with van der Waals surface area (Å²) >= 11 is 0. The Balaban J connectivity index is 1.46. The molecule has 2 aliphatic rings. The zero-order valence-corrected chi connectivity index (χ0v) is 15.8. The highest BCUT2D eigenvalue weighted by Crippen LogP contribution is 2.21. The highest BCUT2D eigenvalue weighted by molar-refractivity contribution is 5.93. The molecule has 5 nitrogen and oxygen atoms in total. The largest absolute Gasteiger partial charge is 0.340 e. The highest BCUT2D eigenvalue weighted by atomic mass is 16.2. The van der Waals surface area contributed by atoms with Crippen molar-refractivity contribution in [2.45, 2.75) is 33.1 Å². The minimum Gasteiger partial charge on any atom is -0.340 e. The van der Waals surface area contributed by atoms with Gasteiger partial charge in [-0.05, 0) is 50.3 Å². The molecule has 0 radical (unpaired) electrons. The average molecular weight is 355 g/mol. The van der Waals surface area contributed by atoms with Crippen LogP contribution < -0.4 is 5.32 Å². The van der Waals surface area contributed by atoms with Crippen molar-refractivity contribution in [2.75, 3.05) is 38.0 Å².